The molecule has 0 saturated carbocycles. The highest BCUT2D eigenvalue weighted by molar-refractivity contribution is 7.98. The molecule has 0 bridgehead atoms. The van der Waals surface area contributed by atoms with E-state index in [1.165, 1.54) is 18.7 Å². The van der Waals surface area contributed by atoms with Gasteiger partial charge in [0.2, 0.25) is 11.1 Å². The molecule has 1 amide bonds. The van der Waals surface area contributed by atoms with Gasteiger partial charge in [-0.05, 0) is 23.8 Å². The molecule has 5 nitrogen and oxygen atoms in total. The second-order valence-corrected chi connectivity index (χ2v) is 6.46. The highest BCUT2D eigenvalue weighted by atomic mass is 35.5. The summed E-state index contributed by atoms with van der Waals surface area (Å²) in [5.41, 5.74) is 2.63. The van der Waals surface area contributed by atoms with E-state index in [2.05, 4.69) is 20.5 Å². The van der Waals surface area contributed by atoms with Gasteiger partial charge in [0.05, 0.1) is 0 Å². The van der Waals surface area contributed by atoms with Gasteiger partial charge in [-0.15, -0.1) is 5.10 Å². The SMILES string of the molecule is CC(=O)Nc1cccc(-c2nc(SCc3ccccc3Cl)n[nH]2)c1. The maximum atomic E-state index is 11.2. The monoisotopic (exact) mass is 358 g/mol. The quantitative estimate of drug-likeness (QED) is 0.664. The molecule has 0 aliphatic rings. The average Bonchev–Trinajstić information content (AvgIpc) is 3.03. The lowest BCUT2D eigenvalue weighted by Gasteiger charge is -2.03. The molecule has 1 heterocycles. The first kappa shape index (κ1) is 16.5. The van der Waals surface area contributed by atoms with Crippen molar-refractivity contribution in [2.24, 2.45) is 0 Å². The topological polar surface area (TPSA) is 70.7 Å². The maximum Gasteiger partial charge on any atom is 0.221 e. The molecule has 0 aliphatic heterocycles. The van der Waals surface area contributed by atoms with Gasteiger partial charge in [-0.1, -0.05) is 53.7 Å². The van der Waals surface area contributed by atoms with Crippen LogP contribution in [0.3, 0.4) is 0 Å². The van der Waals surface area contributed by atoms with Crippen LogP contribution >= 0.6 is 23.4 Å². The van der Waals surface area contributed by atoms with E-state index in [1.807, 2.05) is 48.5 Å². The van der Waals surface area contributed by atoms with Crippen molar-refractivity contribution in [1.29, 1.82) is 0 Å². The number of hydrogen-bond acceptors (Lipinski definition) is 4. The van der Waals surface area contributed by atoms with Crippen molar-refractivity contribution in [2.45, 2.75) is 17.8 Å². The molecule has 3 rings (SSSR count). The molecular formula is C17H15ClN4OS. The lowest BCUT2D eigenvalue weighted by Crippen LogP contribution is -2.05. The number of nitrogens with one attached hydrogen (secondary N) is 2. The van der Waals surface area contributed by atoms with Crippen LogP contribution in [-0.4, -0.2) is 21.1 Å². The van der Waals surface area contributed by atoms with E-state index in [-0.39, 0.29) is 5.91 Å². The summed E-state index contributed by atoms with van der Waals surface area (Å²) in [7, 11) is 0. The van der Waals surface area contributed by atoms with E-state index >= 15 is 0 Å². The number of rotatable bonds is 5. The highest BCUT2D eigenvalue weighted by Crippen LogP contribution is 2.26. The first-order valence-corrected chi connectivity index (χ1v) is 8.65. The lowest BCUT2D eigenvalue weighted by molar-refractivity contribution is -0.114. The molecule has 0 unspecified atom stereocenters. The fourth-order valence-electron chi connectivity index (χ4n) is 2.15. The number of carbonyl (C=O) groups excluding carboxylic acids is 1. The molecule has 2 N–H and O–H groups in total. The van der Waals surface area contributed by atoms with Gasteiger partial charge in [-0.3, -0.25) is 9.89 Å². The van der Waals surface area contributed by atoms with Crippen LogP contribution in [0.2, 0.25) is 5.02 Å². The normalized spacial score (nSPS) is 10.6. The van der Waals surface area contributed by atoms with Gasteiger partial charge in [-0.2, -0.15) is 0 Å². The fourth-order valence-corrected chi connectivity index (χ4v) is 3.23. The molecule has 0 atom stereocenters. The molecule has 1 aromatic heterocycles. The van der Waals surface area contributed by atoms with Gasteiger partial charge >= 0.3 is 0 Å². The summed E-state index contributed by atoms with van der Waals surface area (Å²) in [6.45, 7) is 1.48. The van der Waals surface area contributed by atoms with Gasteiger partial charge in [0.25, 0.3) is 0 Å². The Bertz CT molecular complexity index is 865. The molecule has 0 radical (unpaired) electrons. The van der Waals surface area contributed by atoms with Crippen molar-refractivity contribution < 1.29 is 4.79 Å². The van der Waals surface area contributed by atoms with Crippen LogP contribution in [0.5, 0.6) is 0 Å². The van der Waals surface area contributed by atoms with Crippen LogP contribution in [0.4, 0.5) is 5.69 Å². The minimum atomic E-state index is -0.110. The number of thioether (sulfide) groups is 1. The molecule has 0 aliphatic carbocycles. The zero-order valence-corrected chi connectivity index (χ0v) is 14.5. The third-order valence-corrected chi connectivity index (χ3v) is 4.50. The van der Waals surface area contributed by atoms with Crippen LogP contribution < -0.4 is 5.32 Å². The molecule has 122 valence electrons. The molecule has 3 aromatic rings. The Morgan fingerprint density at radius 2 is 2.08 bits per heavy atom. The van der Waals surface area contributed by atoms with Crippen molar-refractivity contribution in [3.05, 3.63) is 59.1 Å². The van der Waals surface area contributed by atoms with Crippen LogP contribution in [0.25, 0.3) is 11.4 Å². The predicted molar refractivity (Wildman–Crippen MR) is 97.1 cm³/mol. The summed E-state index contributed by atoms with van der Waals surface area (Å²) in [4.78, 5) is 15.6. The number of halogens is 1. The molecule has 0 fully saturated rings. The largest absolute Gasteiger partial charge is 0.326 e. The number of carbonyl (C=O) groups is 1. The Labute approximate surface area is 148 Å². The molecule has 24 heavy (non-hydrogen) atoms. The molecule has 0 saturated heterocycles. The third-order valence-electron chi connectivity index (χ3n) is 3.24. The molecule has 7 heteroatoms. The number of nitrogens with zero attached hydrogens (tertiary/aromatic N) is 2. The zero-order valence-electron chi connectivity index (χ0n) is 12.9. The number of amides is 1. The van der Waals surface area contributed by atoms with Crippen LogP contribution in [0.15, 0.2) is 53.7 Å². The second-order valence-electron chi connectivity index (χ2n) is 5.11. The van der Waals surface area contributed by atoms with E-state index in [4.69, 9.17) is 11.6 Å². The second kappa shape index (κ2) is 7.51. The van der Waals surface area contributed by atoms with E-state index in [0.29, 0.717) is 16.7 Å². The number of hydrogen-bond donors (Lipinski definition) is 2. The Morgan fingerprint density at radius 1 is 1.25 bits per heavy atom. The Hall–Kier alpha value is -2.31. The number of benzene rings is 2. The first-order valence-electron chi connectivity index (χ1n) is 7.28. The van der Waals surface area contributed by atoms with E-state index in [0.717, 1.165) is 21.8 Å². The van der Waals surface area contributed by atoms with Gasteiger partial charge in [-0.25, -0.2) is 4.98 Å². The van der Waals surface area contributed by atoms with Crippen molar-refractivity contribution >= 4 is 35.0 Å². The van der Waals surface area contributed by atoms with Crippen molar-refractivity contribution in [1.82, 2.24) is 15.2 Å². The standard InChI is InChI=1S/C17H15ClN4OS/c1-11(23)19-14-7-4-6-12(9-14)16-20-17(22-21-16)24-10-13-5-2-3-8-15(13)18/h2-9H,10H2,1H3,(H,19,23)(H,20,21,22). The molecule has 2 aromatic carbocycles. The van der Waals surface area contributed by atoms with Crippen LogP contribution in [0, 0.1) is 0 Å². The highest BCUT2D eigenvalue weighted by Gasteiger charge is 2.08. The van der Waals surface area contributed by atoms with Gasteiger partial charge in [0.15, 0.2) is 5.82 Å². The molecule has 0 spiro atoms. The Balaban J connectivity index is 1.71. The van der Waals surface area contributed by atoms with Gasteiger partial charge < -0.3 is 5.32 Å². The van der Waals surface area contributed by atoms with Crippen molar-refractivity contribution in [3.63, 3.8) is 0 Å². The summed E-state index contributed by atoms with van der Waals surface area (Å²) in [5, 5.41) is 11.3. The van der Waals surface area contributed by atoms with E-state index in [9.17, 15) is 4.79 Å². The van der Waals surface area contributed by atoms with Crippen LogP contribution in [0.1, 0.15) is 12.5 Å². The Morgan fingerprint density at radius 3 is 2.88 bits per heavy atom. The van der Waals surface area contributed by atoms with Crippen molar-refractivity contribution in [2.75, 3.05) is 5.32 Å². The van der Waals surface area contributed by atoms with E-state index < -0.39 is 0 Å². The molecular weight excluding hydrogens is 344 g/mol. The minimum absolute atomic E-state index is 0.110. The number of aromatic nitrogens is 3. The summed E-state index contributed by atoms with van der Waals surface area (Å²) < 4.78 is 0. The zero-order chi connectivity index (χ0) is 16.9. The van der Waals surface area contributed by atoms with E-state index in [1.54, 1.807) is 0 Å². The summed E-state index contributed by atoms with van der Waals surface area (Å²) in [6, 6.07) is 15.2. The minimum Gasteiger partial charge on any atom is -0.326 e. The lowest BCUT2D eigenvalue weighted by atomic mass is 10.2. The number of aromatic amines is 1. The van der Waals surface area contributed by atoms with Gasteiger partial charge in [0, 0.05) is 29.0 Å². The first-order chi connectivity index (χ1) is 11.6. The number of H-pyrrole nitrogens is 1. The third kappa shape index (κ3) is 4.15. The summed E-state index contributed by atoms with van der Waals surface area (Å²) in [6.07, 6.45) is 0. The fraction of sp³-hybridized carbons (Fsp3) is 0.118. The van der Waals surface area contributed by atoms with Crippen LogP contribution in [-0.2, 0) is 10.5 Å². The summed E-state index contributed by atoms with van der Waals surface area (Å²) in [5.74, 6) is 1.24. The number of anilines is 1. The van der Waals surface area contributed by atoms with Crippen molar-refractivity contribution in [3.8, 4) is 11.4 Å². The predicted octanol–water partition coefficient (Wildman–Crippen LogP) is 4.38. The summed E-state index contributed by atoms with van der Waals surface area (Å²) >= 11 is 7.66. The van der Waals surface area contributed by atoms with Gasteiger partial charge in [0.1, 0.15) is 0 Å². The maximum absolute atomic E-state index is 11.2. The smallest absolute Gasteiger partial charge is 0.221 e. The Kier molecular flexibility index (Phi) is 5.17. The average molecular weight is 359 g/mol.